The van der Waals surface area contributed by atoms with E-state index in [1.54, 1.807) is 19.1 Å². The molecule has 1 aromatic heterocycles. The molecule has 2 N–H and O–H groups in total. The van der Waals surface area contributed by atoms with Crippen molar-refractivity contribution < 1.29 is 9.90 Å². The number of amides is 1. The first kappa shape index (κ1) is 15.3. The second-order valence-corrected chi connectivity index (χ2v) is 5.34. The lowest BCUT2D eigenvalue weighted by Gasteiger charge is -2.11. The van der Waals surface area contributed by atoms with E-state index >= 15 is 0 Å². The summed E-state index contributed by atoms with van der Waals surface area (Å²) in [5.41, 5.74) is 3.80. The van der Waals surface area contributed by atoms with Gasteiger partial charge in [-0.15, -0.1) is 0 Å². The van der Waals surface area contributed by atoms with Crippen LogP contribution in [0, 0.1) is 13.8 Å². The van der Waals surface area contributed by atoms with E-state index in [1.165, 1.54) is 0 Å². The van der Waals surface area contributed by atoms with Crippen molar-refractivity contribution in [2.75, 3.05) is 6.61 Å². The van der Waals surface area contributed by atoms with Gasteiger partial charge in [-0.05, 0) is 44.5 Å². The SMILES string of the molecule is Cc1cc(C)n(Cc2ccc(C(=O)NC(C)CO)cc2)n1. The van der Waals surface area contributed by atoms with Gasteiger partial charge >= 0.3 is 0 Å². The zero-order valence-corrected chi connectivity index (χ0v) is 12.6. The molecule has 0 saturated heterocycles. The van der Waals surface area contributed by atoms with Crippen LogP contribution in [0.3, 0.4) is 0 Å². The summed E-state index contributed by atoms with van der Waals surface area (Å²) >= 11 is 0. The van der Waals surface area contributed by atoms with E-state index in [9.17, 15) is 4.79 Å². The predicted molar refractivity (Wildman–Crippen MR) is 81.3 cm³/mol. The number of aryl methyl sites for hydroxylation is 2. The minimum Gasteiger partial charge on any atom is -0.394 e. The molecule has 0 fully saturated rings. The molecule has 1 aromatic carbocycles. The highest BCUT2D eigenvalue weighted by molar-refractivity contribution is 5.94. The maximum absolute atomic E-state index is 11.9. The molecule has 2 aromatic rings. The zero-order chi connectivity index (χ0) is 15.4. The van der Waals surface area contributed by atoms with Crippen LogP contribution in [-0.2, 0) is 6.54 Å². The Hall–Kier alpha value is -2.14. The van der Waals surface area contributed by atoms with E-state index in [-0.39, 0.29) is 18.6 Å². The van der Waals surface area contributed by atoms with Crippen LogP contribution in [0.5, 0.6) is 0 Å². The molecule has 0 radical (unpaired) electrons. The van der Waals surface area contributed by atoms with Crippen LogP contribution >= 0.6 is 0 Å². The monoisotopic (exact) mass is 287 g/mol. The summed E-state index contributed by atoms with van der Waals surface area (Å²) in [6.07, 6.45) is 0. The van der Waals surface area contributed by atoms with Gasteiger partial charge < -0.3 is 10.4 Å². The Morgan fingerprint density at radius 2 is 2.00 bits per heavy atom. The molecule has 0 saturated carbocycles. The smallest absolute Gasteiger partial charge is 0.251 e. The van der Waals surface area contributed by atoms with Gasteiger partial charge in [0.2, 0.25) is 0 Å². The second-order valence-electron chi connectivity index (χ2n) is 5.34. The number of nitrogens with zero attached hydrogens (tertiary/aromatic N) is 2. The van der Waals surface area contributed by atoms with Crippen molar-refractivity contribution in [3.8, 4) is 0 Å². The van der Waals surface area contributed by atoms with Crippen LogP contribution < -0.4 is 5.32 Å². The zero-order valence-electron chi connectivity index (χ0n) is 12.6. The maximum atomic E-state index is 11.9. The molecule has 1 heterocycles. The molecular weight excluding hydrogens is 266 g/mol. The maximum Gasteiger partial charge on any atom is 0.251 e. The lowest BCUT2D eigenvalue weighted by atomic mass is 10.1. The Morgan fingerprint density at radius 3 is 2.52 bits per heavy atom. The number of aliphatic hydroxyl groups excluding tert-OH is 1. The molecule has 5 heteroatoms. The summed E-state index contributed by atoms with van der Waals surface area (Å²) in [4.78, 5) is 11.9. The van der Waals surface area contributed by atoms with Crippen LogP contribution in [0.1, 0.15) is 34.2 Å². The van der Waals surface area contributed by atoms with Gasteiger partial charge in [-0.3, -0.25) is 9.48 Å². The average Bonchev–Trinajstić information content (AvgIpc) is 2.77. The number of carbonyl (C=O) groups is 1. The quantitative estimate of drug-likeness (QED) is 0.879. The van der Waals surface area contributed by atoms with Crippen LogP contribution in [0.2, 0.25) is 0 Å². The molecule has 0 aliphatic heterocycles. The van der Waals surface area contributed by atoms with Gasteiger partial charge in [-0.2, -0.15) is 5.10 Å². The van der Waals surface area contributed by atoms with Crippen molar-refractivity contribution in [2.45, 2.75) is 33.4 Å². The van der Waals surface area contributed by atoms with Gasteiger partial charge in [-0.1, -0.05) is 12.1 Å². The third kappa shape index (κ3) is 3.92. The van der Waals surface area contributed by atoms with Crippen molar-refractivity contribution in [3.05, 3.63) is 52.8 Å². The predicted octanol–water partition coefficient (Wildman–Crippen LogP) is 1.66. The second kappa shape index (κ2) is 6.54. The van der Waals surface area contributed by atoms with E-state index < -0.39 is 0 Å². The first-order valence-corrected chi connectivity index (χ1v) is 7.01. The molecule has 112 valence electrons. The van der Waals surface area contributed by atoms with Crippen molar-refractivity contribution in [1.29, 1.82) is 0 Å². The molecule has 2 rings (SSSR count). The molecule has 0 aliphatic carbocycles. The summed E-state index contributed by atoms with van der Waals surface area (Å²) in [5, 5.41) is 16.1. The van der Waals surface area contributed by atoms with Crippen molar-refractivity contribution in [3.63, 3.8) is 0 Å². The molecule has 21 heavy (non-hydrogen) atoms. The van der Waals surface area contributed by atoms with E-state index in [1.807, 2.05) is 36.7 Å². The van der Waals surface area contributed by atoms with E-state index in [4.69, 9.17) is 5.11 Å². The minimum atomic E-state index is -0.244. The van der Waals surface area contributed by atoms with Crippen molar-refractivity contribution in [1.82, 2.24) is 15.1 Å². The third-order valence-corrected chi connectivity index (χ3v) is 3.30. The molecule has 1 unspecified atom stereocenters. The number of carbonyl (C=O) groups excluding carboxylic acids is 1. The minimum absolute atomic E-state index is 0.0677. The summed E-state index contributed by atoms with van der Waals surface area (Å²) in [6, 6.07) is 9.23. The summed E-state index contributed by atoms with van der Waals surface area (Å²) in [5.74, 6) is -0.172. The first-order valence-electron chi connectivity index (χ1n) is 7.01. The molecule has 1 amide bonds. The lowest BCUT2D eigenvalue weighted by Crippen LogP contribution is -2.34. The fraction of sp³-hybridized carbons (Fsp3) is 0.375. The van der Waals surface area contributed by atoms with Crippen LogP contribution in [0.25, 0.3) is 0 Å². The van der Waals surface area contributed by atoms with Gasteiger partial charge in [0.05, 0.1) is 18.8 Å². The standard InChI is InChI=1S/C16H21N3O2/c1-11-8-13(3)19(18-11)9-14-4-6-15(7-5-14)16(21)17-12(2)10-20/h4-8,12,20H,9-10H2,1-3H3,(H,17,21). The van der Waals surface area contributed by atoms with E-state index in [0.717, 1.165) is 17.0 Å². The number of aromatic nitrogens is 2. The fourth-order valence-electron chi connectivity index (χ4n) is 2.12. The highest BCUT2D eigenvalue weighted by atomic mass is 16.3. The topological polar surface area (TPSA) is 67.2 Å². The number of nitrogens with one attached hydrogen (secondary N) is 1. The van der Waals surface area contributed by atoms with Crippen LogP contribution in [0.4, 0.5) is 0 Å². The number of aliphatic hydroxyl groups is 1. The summed E-state index contributed by atoms with van der Waals surface area (Å²) in [6.45, 7) is 6.38. The van der Waals surface area contributed by atoms with Crippen LogP contribution in [0.15, 0.2) is 30.3 Å². The molecule has 0 aliphatic rings. The van der Waals surface area contributed by atoms with Crippen molar-refractivity contribution in [2.24, 2.45) is 0 Å². The van der Waals surface area contributed by atoms with Crippen LogP contribution in [-0.4, -0.2) is 33.4 Å². The molecule has 1 atom stereocenters. The molecular formula is C16H21N3O2. The Kier molecular flexibility index (Phi) is 4.75. The van der Waals surface area contributed by atoms with Gasteiger partial charge in [-0.25, -0.2) is 0 Å². The molecule has 0 spiro atoms. The molecule has 0 bridgehead atoms. The Bertz CT molecular complexity index is 617. The van der Waals surface area contributed by atoms with E-state index in [0.29, 0.717) is 12.1 Å². The lowest BCUT2D eigenvalue weighted by molar-refractivity contribution is 0.0922. The number of rotatable bonds is 5. The Balaban J connectivity index is 2.05. The van der Waals surface area contributed by atoms with E-state index in [2.05, 4.69) is 10.4 Å². The normalized spacial score (nSPS) is 12.2. The Morgan fingerprint density at radius 1 is 1.33 bits per heavy atom. The highest BCUT2D eigenvalue weighted by Crippen LogP contribution is 2.09. The number of hydrogen-bond acceptors (Lipinski definition) is 3. The number of hydrogen-bond donors (Lipinski definition) is 2. The van der Waals surface area contributed by atoms with Crippen molar-refractivity contribution >= 4 is 5.91 Å². The Labute approximate surface area is 124 Å². The van der Waals surface area contributed by atoms with Gasteiger partial charge in [0, 0.05) is 17.3 Å². The summed E-state index contributed by atoms with van der Waals surface area (Å²) < 4.78 is 1.94. The third-order valence-electron chi connectivity index (χ3n) is 3.30. The van der Waals surface area contributed by atoms with Gasteiger partial charge in [0.25, 0.3) is 5.91 Å². The summed E-state index contributed by atoms with van der Waals surface area (Å²) in [7, 11) is 0. The van der Waals surface area contributed by atoms with Gasteiger partial charge in [0.15, 0.2) is 0 Å². The number of benzene rings is 1. The fourth-order valence-corrected chi connectivity index (χ4v) is 2.12. The average molecular weight is 287 g/mol. The van der Waals surface area contributed by atoms with Gasteiger partial charge in [0.1, 0.15) is 0 Å². The molecule has 5 nitrogen and oxygen atoms in total. The largest absolute Gasteiger partial charge is 0.394 e. The highest BCUT2D eigenvalue weighted by Gasteiger charge is 2.09. The first-order chi connectivity index (χ1) is 9.99.